The van der Waals surface area contributed by atoms with E-state index in [1.165, 1.54) is 68.9 Å². The first-order valence-corrected chi connectivity index (χ1v) is 11.5. The van der Waals surface area contributed by atoms with E-state index >= 15 is 0 Å². The highest BCUT2D eigenvalue weighted by Crippen LogP contribution is 2.27. The molecular weight excluding hydrogens is 488 g/mol. The van der Waals surface area contributed by atoms with Gasteiger partial charge in [-0.2, -0.15) is 0 Å². The van der Waals surface area contributed by atoms with Gasteiger partial charge in [-0.05, 0) is 47.5 Å². The van der Waals surface area contributed by atoms with Gasteiger partial charge in [0, 0.05) is 11.1 Å². The molecule has 8 nitrogen and oxygen atoms in total. The second-order valence-electron chi connectivity index (χ2n) is 8.15. The zero-order chi connectivity index (χ0) is 27.7. The van der Waals surface area contributed by atoms with Gasteiger partial charge in [0.05, 0.1) is 26.2 Å². The second-order valence-corrected chi connectivity index (χ2v) is 8.15. The molecule has 0 bridgehead atoms. The van der Waals surface area contributed by atoms with Gasteiger partial charge in [0.2, 0.25) is 0 Å². The number of allylic oxidation sites excluding steroid dienone is 2. The maximum absolute atomic E-state index is 12.9. The van der Waals surface area contributed by atoms with Crippen molar-refractivity contribution in [2.24, 2.45) is 0 Å². The number of carbonyl (C=O) groups excluding carboxylic acids is 4. The van der Waals surface area contributed by atoms with Gasteiger partial charge in [-0.25, -0.2) is 0 Å². The maximum atomic E-state index is 12.9. The lowest BCUT2D eigenvalue weighted by molar-refractivity contribution is -0.121. The largest absolute Gasteiger partial charge is 0.504 e. The van der Waals surface area contributed by atoms with E-state index in [0.29, 0.717) is 33.6 Å². The molecule has 38 heavy (non-hydrogen) atoms. The average Bonchev–Trinajstić information content (AvgIpc) is 2.94. The summed E-state index contributed by atoms with van der Waals surface area (Å²) in [6.45, 7) is -0.612. The van der Waals surface area contributed by atoms with Crippen molar-refractivity contribution in [3.63, 3.8) is 0 Å². The van der Waals surface area contributed by atoms with Crippen LogP contribution in [0.1, 0.15) is 43.8 Å². The lowest BCUT2D eigenvalue weighted by Crippen LogP contribution is -2.07. The molecule has 0 saturated carbocycles. The van der Waals surface area contributed by atoms with Crippen molar-refractivity contribution in [3.05, 3.63) is 101 Å². The number of hydrogen-bond acceptors (Lipinski definition) is 8. The summed E-state index contributed by atoms with van der Waals surface area (Å²) < 4.78 is 10.4. The van der Waals surface area contributed by atoms with Crippen LogP contribution in [-0.4, -0.2) is 54.2 Å². The first-order chi connectivity index (χ1) is 18.2. The predicted octanol–water partition coefficient (Wildman–Crippen LogP) is 4.07. The minimum atomic E-state index is -0.612. The van der Waals surface area contributed by atoms with E-state index in [-0.39, 0.29) is 23.7 Å². The molecule has 8 heteroatoms. The SMILES string of the molecule is COc1cc(C=CC(=O)CC(=O)C=Cc2ccc(C(=O)c3ccc(C(=O)CO)cc3)c(OC)c2)ccc1O. The lowest BCUT2D eigenvalue weighted by Gasteiger charge is -2.09. The Morgan fingerprint density at radius 1 is 0.737 bits per heavy atom. The molecule has 2 N–H and O–H groups in total. The number of benzene rings is 3. The molecule has 0 heterocycles. The number of aliphatic hydroxyl groups is 1. The zero-order valence-corrected chi connectivity index (χ0v) is 20.8. The monoisotopic (exact) mass is 514 g/mol. The minimum Gasteiger partial charge on any atom is -0.504 e. The molecule has 0 aromatic heterocycles. The van der Waals surface area contributed by atoms with Crippen LogP contribution in [0, 0.1) is 0 Å². The van der Waals surface area contributed by atoms with Crippen molar-refractivity contribution in [1.29, 1.82) is 0 Å². The van der Waals surface area contributed by atoms with E-state index < -0.39 is 24.0 Å². The lowest BCUT2D eigenvalue weighted by atomic mass is 9.99. The summed E-state index contributed by atoms with van der Waals surface area (Å²) in [7, 11) is 2.84. The molecule has 0 atom stereocenters. The Bertz CT molecular complexity index is 1410. The molecule has 3 rings (SSSR count). The third kappa shape index (κ3) is 7.11. The number of methoxy groups -OCH3 is 2. The van der Waals surface area contributed by atoms with Crippen molar-refractivity contribution in [2.75, 3.05) is 20.8 Å². The van der Waals surface area contributed by atoms with E-state index in [0.717, 1.165) is 0 Å². The van der Waals surface area contributed by atoms with Crippen LogP contribution in [0.25, 0.3) is 12.2 Å². The molecule has 0 fully saturated rings. The Kier molecular flexibility index (Phi) is 9.45. The average molecular weight is 515 g/mol. The predicted molar refractivity (Wildman–Crippen MR) is 142 cm³/mol. The number of phenols is 1. The summed E-state index contributed by atoms with van der Waals surface area (Å²) in [4.78, 5) is 49.0. The molecular formula is C30H26O8. The molecule has 3 aromatic rings. The van der Waals surface area contributed by atoms with Crippen LogP contribution in [0.5, 0.6) is 17.2 Å². The maximum Gasteiger partial charge on any atom is 0.196 e. The van der Waals surface area contributed by atoms with Crippen LogP contribution in [-0.2, 0) is 9.59 Å². The quantitative estimate of drug-likeness (QED) is 0.210. The van der Waals surface area contributed by atoms with Crippen LogP contribution in [0.4, 0.5) is 0 Å². The summed E-state index contributed by atoms with van der Waals surface area (Å²) in [6, 6.07) is 15.4. The van der Waals surface area contributed by atoms with Crippen LogP contribution >= 0.6 is 0 Å². The van der Waals surface area contributed by atoms with Crippen molar-refractivity contribution in [3.8, 4) is 17.2 Å². The summed E-state index contributed by atoms with van der Waals surface area (Å²) >= 11 is 0. The molecule has 0 aliphatic heterocycles. The Morgan fingerprint density at radius 2 is 1.26 bits per heavy atom. The van der Waals surface area contributed by atoms with Gasteiger partial charge < -0.3 is 19.7 Å². The first-order valence-electron chi connectivity index (χ1n) is 11.5. The molecule has 0 spiro atoms. The second kappa shape index (κ2) is 12.9. The van der Waals surface area contributed by atoms with Crippen molar-refractivity contribution in [2.45, 2.75) is 6.42 Å². The number of Topliss-reactive ketones (excluding diaryl/α,β-unsaturated/α-hetero) is 1. The number of aliphatic hydroxyl groups excluding tert-OH is 1. The van der Waals surface area contributed by atoms with E-state index in [2.05, 4.69) is 0 Å². The fourth-order valence-corrected chi connectivity index (χ4v) is 3.52. The van der Waals surface area contributed by atoms with Crippen molar-refractivity contribution < 1.29 is 38.9 Å². The van der Waals surface area contributed by atoms with Gasteiger partial charge >= 0.3 is 0 Å². The van der Waals surface area contributed by atoms with Gasteiger partial charge in [-0.15, -0.1) is 0 Å². The number of ketones is 4. The molecule has 194 valence electrons. The molecule has 0 amide bonds. The van der Waals surface area contributed by atoms with Gasteiger partial charge in [0.25, 0.3) is 0 Å². The van der Waals surface area contributed by atoms with E-state index in [1.807, 2.05) is 0 Å². The van der Waals surface area contributed by atoms with Crippen LogP contribution < -0.4 is 9.47 Å². The van der Waals surface area contributed by atoms with Gasteiger partial charge in [0.15, 0.2) is 34.6 Å². The molecule has 0 radical (unpaired) electrons. The highest BCUT2D eigenvalue weighted by Gasteiger charge is 2.16. The molecule has 3 aromatic carbocycles. The van der Waals surface area contributed by atoms with E-state index in [4.69, 9.17) is 14.6 Å². The number of rotatable bonds is 12. The van der Waals surface area contributed by atoms with E-state index in [1.54, 1.807) is 30.3 Å². The van der Waals surface area contributed by atoms with Crippen LogP contribution in [0.3, 0.4) is 0 Å². The topological polar surface area (TPSA) is 127 Å². The summed E-state index contributed by atoms with van der Waals surface area (Å²) in [5, 5.41) is 18.6. The Labute approximate surface area is 219 Å². The van der Waals surface area contributed by atoms with Gasteiger partial charge in [-0.1, -0.05) is 48.6 Å². The van der Waals surface area contributed by atoms with Gasteiger partial charge in [0.1, 0.15) is 12.4 Å². The fraction of sp³-hybridized carbons (Fsp3) is 0.133. The normalized spacial score (nSPS) is 11.0. The Hall–Kier alpha value is -4.82. The third-order valence-corrected chi connectivity index (χ3v) is 5.56. The van der Waals surface area contributed by atoms with E-state index in [9.17, 15) is 24.3 Å². The minimum absolute atomic E-state index is 0.0177. The molecule has 0 unspecified atom stereocenters. The number of ether oxygens (including phenoxy) is 2. The van der Waals surface area contributed by atoms with Crippen LogP contribution in [0.2, 0.25) is 0 Å². The zero-order valence-electron chi connectivity index (χ0n) is 20.8. The van der Waals surface area contributed by atoms with Gasteiger partial charge in [-0.3, -0.25) is 19.2 Å². The number of aromatic hydroxyl groups is 1. The number of carbonyl (C=O) groups is 4. The number of hydrogen-bond donors (Lipinski definition) is 2. The summed E-state index contributed by atoms with van der Waals surface area (Å²) in [6.07, 6.45) is 5.29. The fourth-order valence-electron chi connectivity index (χ4n) is 3.52. The molecule has 0 saturated heterocycles. The highest BCUT2D eigenvalue weighted by atomic mass is 16.5. The number of phenolic OH excluding ortho intramolecular Hbond substituents is 1. The molecule has 0 aliphatic rings. The first kappa shape index (κ1) is 27.8. The smallest absolute Gasteiger partial charge is 0.196 e. The summed E-state index contributed by atoms with van der Waals surface area (Å²) in [5.74, 6) is -1.01. The van der Waals surface area contributed by atoms with Crippen LogP contribution in [0.15, 0.2) is 72.8 Å². The summed E-state index contributed by atoms with van der Waals surface area (Å²) in [5.41, 5.74) is 2.16. The van der Waals surface area contributed by atoms with Crippen molar-refractivity contribution >= 4 is 35.3 Å². The Balaban J connectivity index is 1.65. The van der Waals surface area contributed by atoms with Crippen molar-refractivity contribution in [1.82, 2.24) is 0 Å². The highest BCUT2D eigenvalue weighted by molar-refractivity contribution is 6.12. The third-order valence-electron chi connectivity index (χ3n) is 5.56. The Morgan fingerprint density at radius 3 is 1.82 bits per heavy atom. The standard InChI is InChI=1S/C30H26O8/c1-37-28-15-19(5-13-25(28)30(36)22-9-7-21(8-10-22)27(35)18-31)3-11-23(32)17-24(33)12-4-20-6-14-26(34)29(16-20)38-2/h3-16,31,34H,17-18H2,1-2H3. The molecule has 0 aliphatic carbocycles.